The van der Waals surface area contributed by atoms with Crippen LogP contribution in [0.1, 0.15) is 26.2 Å². The Morgan fingerprint density at radius 1 is 1.36 bits per heavy atom. The highest BCUT2D eigenvalue weighted by atomic mass is 13.9. The van der Waals surface area contributed by atoms with E-state index in [2.05, 4.69) is 30.9 Å². The standard InChI is InChI=1S/C11H14/c1-2-3-4-5-8-11-9-6-7-10-11/h5-7,9-10H,2-4H2,1H3. The third kappa shape index (κ3) is 3.06. The van der Waals surface area contributed by atoms with Gasteiger partial charge >= 0.3 is 0 Å². The lowest BCUT2D eigenvalue weighted by molar-refractivity contribution is 0.815. The van der Waals surface area contributed by atoms with Crippen molar-refractivity contribution in [2.75, 3.05) is 0 Å². The van der Waals surface area contributed by atoms with Gasteiger partial charge in [0.15, 0.2) is 0 Å². The van der Waals surface area contributed by atoms with Crippen molar-refractivity contribution in [3.63, 3.8) is 0 Å². The van der Waals surface area contributed by atoms with Crippen LogP contribution in [0.3, 0.4) is 0 Å². The molecule has 0 unspecified atom stereocenters. The Bertz CT molecular complexity index is 208. The highest BCUT2D eigenvalue weighted by molar-refractivity contribution is 5.39. The van der Waals surface area contributed by atoms with E-state index in [1.807, 2.05) is 12.2 Å². The summed E-state index contributed by atoms with van der Waals surface area (Å²) in [7, 11) is 0. The van der Waals surface area contributed by atoms with E-state index in [4.69, 9.17) is 0 Å². The van der Waals surface area contributed by atoms with Crippen LogP contribution in [0.2, 0.25) is 0 Å². The first-order valence-electron chi connectivity index (χ1n) is 4.23. The Hall–Kier alpha value is -1.00. The Balaban J connectivity index is 2.38. The Labute approximate surface area is 68.6 Å². The van der Waals surface area contributed by atoms with Gasteiger partial charge in [-0.05, 0) is 31.1 Å². The van der Waals surface area contributed by atoms with Gasteiger partial charge in [-0.2, -0.15) is 0 Å². The maximum Gasteiger partial charge on any atom is 0.0161 e. The predicted molar refractivity (Wildman–Crippen MR) is 49.4 cm³/mol. The van der Waals surface area contributed by atoms with Crippen molar-refractivity contribution >= 4 is 0 Å². The normalized spacial score (nSPS) is 13.7. The second-order valence-electron chi connectivity index (χ2n) is 2.66. The maximum absolute atomic E-state index is 3.23. The van der Waals surface area contributed by atoms with Crippen LogP contribution in [-0.2, 0) is 0 Å². The molecule has 1 aliphatic carbocycles. The summed E-state index contributed by atoms with van der Waals surface area (Å²) in [6.45, 7) is 2.20. The van der Waals surface area contributed by atoms with E-state index in [1.165, 1.54) is 18.4 Å². The molecular weight excluding hydrogens is 132 g/mol. The average Bonchev–Trinajstić information content (AvgIpc) is 2.50. The maximum atomic E-state index is 3.23. The number of allylic oxidation sites excluding steroid dienone is 5. The van der Waals surface area contributed by atoms with E-state index in [1.54, 1.807) is 0 Å². The molecule has 0 radical (unpaired) electrons. The molecule has 0 spiro atoms. The fraction of sp³-hybridized carbons (Fsp3) is 0.364. The van der Waals surface area contributed by atoms with E-state index in [9.17, 15) is 0 Å². The molecule has 0 fully saturated rings. The lowest BCUT2D eigenvalue weighted by Crippen LogP contribution is -1.65. The van der Waals surface area contributed by atoms with E-state index >= 15 is 0 Å². The topological polar surface area (TPSA) is 0 Å². The molecule has 58 valence electrons. The van der Waals surface area contributed by atoms with Crippen molar-refractivity contribution in [2.24, 2.45) is 0 Å². The minimum absolute atomic E-state index is 1.15. The van der Waals surface area contributed by atoms with Crippen LogP contribution in [0, 0.1) is 0 Å². The molecule has 0 aliphatic heterocycles. The molecule has 0 N–H and O–H groups in total. The second kappa shape index (κ2) is 4.76. The van der Waals surface area contributed by atoms with Gasteiger partial charge in [-0.1, -0.05) is 25.5 Å². The van der Waals surface area contributed by atoms with E-state index in [0.29, 0.717) is 0 Å². The van der Waals surface area contributed by atoms with Crippen molar-refractivity contribution in [2.45, 2.75) is 26.2 Å². The first-order valence-corrected chi connectivity index (χ1v) is 4.23. The molecule has 0 nitrogen and oxygen atoms in total. The lowest BCUT2D eigenvalue weighted by Gasteiger charge is -1.84. The fourth-order valence-corrected chi connectivity index (χ4v) is 0.966. The summed E-state index contributed by atoms with van der Waals surface area (Å²) in [6, 6.07) is 0. The molecule has 0 saturated carbocycles. The van der Waals surface area contributed by atoms with Gasteiger partial charge in [0.1, 0.15) is 0 Å². The van der Waals surface area contributed by atoms with Crippen molar-refractivity contribution in [1.29, 1.82) is 0 Å². The molecule has 0 amide bonds. The molecule has 0 bridgehead atoms. The second-order valence-corrected chi connectivity index (χ2v) is 2.66. The van der Waals surface area contributed by atoms with Crippen molar-refractivity contribution in [3.05, 3.63) is 41.7 Å². The largest absolute Gasteiger partial charge is 0.117 e. The number of rotatable bonds is 3. The zero-order valence-electron chi connectivity index (χ0n) is 7.01. The Morgan fingerprint density at radius 2 is 2.09 bits per heavy atom. The SMILES string of the molecule is CCCCC=C=C1C=CC=C1. The predicted octanol–water partition coefficient (Wildman–Crippen LogP) is 3.38. The van der Waals surface area contributed by atoms with Crippen LogP contribution in [0.15, 0.2) is 41.7 Å². The molecule has 0 aromatic heterocycles. The van der Waals surface area contributed by atoms with E-state index in [-0.39, 0.29) is 0 Å². The highest BCUT2D eigenvalue weighted by Gasteiger charge is 1.86. The summed E-state index contributed by atoms with van der Waals surface area (Å²) < 4.78 is 0. The van der Waals surface area contributed by atoms with Gasteiger partial charge in [0.2, 0.25) is 0 Å². The van der Waals surface area contributed by atoms with Crippen LogP contribution >= 0.6 is 0 Å². The Morgan fingerprint density at radius 3 is 2.73 bits per heavy atom. The quantitative estimate of drug-likeness (QED) is 0.423. The minimum atomic E-state index is 1.15. The summed E-state index contributed by atoms with van der Waals surface area (Å²) in [5, 5.41) is 0. The van der Waals surface area contributed by atoms with Crippen molar-refractivity contribution < 1.29 is 0 Å². The summed E-state index contributed by atoms with van der Waals surface area (Å²) in [5.41, 5.74) is 4.43. The molecule has 0 heteroatoms. The molecule has 0 aromatic carbocycles. The zero-order valence-corrected chi connectivity index (χ0v) is 7.01. The molecule has 11 heavy (non-hydrogen) atoms. The van der Waals surface area contributed by atoms with Gasteiger partial charge in [0.05, 0.1) is 0 Å². The summed E-state index contributed by atoms with van der Waals surface area (Å²) in [6.07, 6.45) is 14.0. The minimum Gasteiger partial charge on any atom is -0.117 e. The van der Waals surface area contributed by atoms with Crippen LogP contribution in [0.25, 0.3) is 0 Å². The molecular formula is C11H14. The first kappa shape index (κ1) is 8.10. The van der Waals surface area contributed by atoms with Crippen LogP contribution < -0.4 is 0 Å². The Kier molecular flexibility index (Phi) is 3.51. The molecule has 1 aliphatic rings. The number of hydrogen-bond acceptors (Lipinski definition) is 0. The number of unbranched alkanes of at least 4 members (excludes halogenated alkanes) is 2. The van der Waals surface area contributed by atoms with Gasteiger partial charge in [0, 0.05) is 5.57 Å². The molecule has 0 atom stereocenters. The van der Waals surface area contributed by atoms with Crippen LogP contribution in [-0.4, -0.2) is 0 Å². The van der Waals surface area contributed by atoms with Crippen LogP contribution in [0.4, 0.5) is 0 Å². The molecule has 1 rings (SSSR count). The van der Waals surface area contributed by atoms with Gasteiger partial charge in [-0.15, -0.1) is 5.73 Å². The monoisotopic (exact) mass is 146 g/mol. The molecule has 0 heterocycles. The smallest absolute Gasteiger partial charge is 0.0161 e. The third-order valence-corrected chi connectivity index (χ3v) is 1.63. The van der Waals surface area contributed by atoms with Gasteiger partial charge in [-0.3, -0.25) is 0 Å². The fourth-order valence-electron chi connectivity index (χ4n) is 0.966. The van der Waals surface area contributed by atoms with Crippen molar-refractivity contribution in [3.8, 4) is 0 Å². The lowest BCUT2D eigenvalue weighted by atomic mass is 10.2. The summed E-state index contributed by atoms with van der Waals surface area (Å²) in [4.78, 5) is 0. The average molecular weight is 146 g/mol. The van der Waals surface area contributed by atoms with Gasteiger partial charge in [-0.25, -0.2) is 0 Å². The van der Waals surface area contributed by atoms with Gasteiger partial charge in [0.25, 0.3) is 0 Å². The third-order valence-electron chi connectivity index (χ3n) is 1.63. The molecule has 0 saturated heterocycles. The van der Waals surface area contributed by atoms with Crippen molar-refractivity contribution in [1.82, 2.24) is 0 Å². The van der Waals surface area contributed by atoms with Gasteiger partial charge < -0.3 is 0 Å². The van der Waals surface area contributed by atoms with E-state index in [0.717, 1.165) is 6.42 Å². The highest BCUT2D eigenvalue weighted by Crippen LogP contribution is 2.05. The summed E-state index contributed by atoms with van der Waals surface area (Å²) in [5.74, 6) is 0. The zero-order chi connectivity index (χ0) is 7.94. The van der Waals surface area contributed by atoms with Crippen LogP contribution in [0.5, 0.6) is 0 Å². The number of hydrogen-bond donors (Lipinski definition) is 0. The first-order chi connectivity index (χ1) is 5.43. The summed E-state index contributed by atoms with van der Waals surface area (Å²) >= 11 is 0. The molecule has 0 aromatic rings. The van der Waals surface area contributed by atoms with E-state index < -0.39 is 0 Å².